The number of hydrogen-bond donors (Lipinski definition) is 2. The number of benzene rings is 1. The molecule has 0 aliphatic heterocycles. The van der Waals surface area contributed by atoms with E-state index in [4.69, 9.17) is 16.2 Å². The summed E-state index contributed by atoms with van der Waals surface area (Å²) in [4.78, 5) is 12.9. The number of nitrogens with two attached hydrogens (primary N) is 2. The highest BCUT2D eigenvalue weighted by molar-refractivity contribution is 5.79. The number of methoxy groups -OCH3 is 1. The van der Waals surface area contributed by atoms with Crippen LogP contribution in [0.5, 0.6) is 5.75 Å². The molecule has 0 radical (unpaired) electrons. The Morgan fingerprint density at radius 1 is 1.35 bits per heavy atom. The highest BCUT2D eigenvalue weighted by atomic mass is 16.5. The lowest BCUT2D eigenvalue weighted by Crippen LogP contribution is -2.35. The van der Waals surface area contributed by atoms with Gasteiger partial charge in [0.25, 0.3) is 0 Å². The Hall–Kier alpha value is -1.75. The molecule has 5 heteroatoms. The van der Waals surface area contributed by atoms with Crippen LogP contribution >= 0.6 is 0 Å². The fraction of sp³-hybridized carbons (Fsp3) is 0.417. The third kappa shape index (κ3) is 4.32. The quantitative estimate of drug-likeness (QED) is 0.716. The first-order valence-corrected chi connectivity index (χ1v) is 5.54. The lowest BCUT2D eigenvalue weighted by Gasteiger charge is -2.23. The zero-order valence-corrected chi connectivity index (χ0v) is 10.1. The van der Waals surface area contributed by atoms with Crippen molar-refractivity contribution in [3.8, 4) is 5.75 Å². The maximum atomic E-state index is 11.0. The molecule has 5 nitrogen and oxygen atoms in total. The Morgan fingerprint density at radius 3 is 2.47 bits per heavy atom. The zero-order chi connectivity index (χ0) is 12.7. The van der Waals surface area contributed by atoms with Crippen molar-refractivity contribution < 1.29 is 9.53 Å². The molecule has 0 saturated carbocycles. The predicted octanol–water partition coefficient (Wildman–Crippen LogP) is 0.336. The molecule has 0 aliphatic rings. The Bertz CT molecular complexity index is 351. The van der Waals surface area contributed by atoms with Crippen LogP contribution in [0.4, 0.5) is 5.69 Å². The van der Waals surface area contributed by atoms with Crippen LogP contribution < -0.4 is 21.1 Å². The monoisotopic (exact) mass is 237 g/mol. The average Bonchev–Trinajstić information content (AvgIpc) is 2.34. The molecule has 1 aromatic carbocycles. The van der Waals surface area contributed by atoms with Crippen LogP contribution in [-0.4, -0.2) is 32.7 Å². The molecule has 17 heavy (non-hydrogen) atoms. The van der Waals surface area contributed by atoms with Gasteiger partial charge in [0.1, 0.15) is 5.75 Å². The van der Waals surface area contributed by atoms with Gasteiger partial charge in [-0.15, -0.1) is 0 Å². The molecular formula is C12H19N3O2. The van der Waals surface area contributed by atoms with Gasteiger partial charge in [0.15, 0.2) is 0 Å². The second-order valence-electron chi connectivity index (χ2n) is 3.73. The summed E-state index contributed by atoms with van der Waals surface area (Å²) in [5.74, 6) is 0.435. The first-order valence-electron chi connectivity index (χ1n) is 5.54. The van der Waals surface area contributed by atoms with Crippen molar-refractivity contribution in [1.82, 2.24) is 0 Å². The van der Waals surface area contributed by atoms with Gasteiger partial charge in [-0.1, -0.05) is 0 Å². The lowest BCUT2D eigenvalue weighted by molar-refractivity contribution is -0.116. The molecule has 4 N–H and O–H groups in total. The molecular weight excluding hydrogens is 218 g/mol. The number of carbonyl (C=O) groups excluding carboxylic acids is 1. The number of nitrogens with zero attached hydrogens (tertiary/aromatic N) is 1. The number of hydrogen-bond acceptors (Lipinski definition) is 4. The smallest absolute Gasteiger partial charge is 0.236 e. The largest absolute Gasteiger partial charge is 0.497 e. The van der Waals surface area contributed by atoms with Crippen molar-refractivity contribution in [2.75, 3.05) is 31.6 Å². The van der Waals surface area contributed by atoms with Gasteiger partial charge < -0.3 is 21.1 Å². The fourth-order valence-corrected chi connectivity index (χ4v) is 1.56. The second kappa shape index (κ2) is 6.75. The second-order valence-corrected chi connectivity index (χ2v) is 3.73. The van der Waals surface area contributed by atoms with Crippen LogP contribution in [0.2, 0.25) is 0 Å². The lowest BCUT2D eigenvalue weighted by atomic mass is 10.2. The normalized spacial score (nSPS) is 10.0. The SMILES string of the molecule is COc1ccc(N(CCCN)CC(N)=O)cc1. The van der Waals surface area contributed by atoms with Gasteiger partial charge in [-0.05, 0) is 37.2 Å². The predicted molar refractivity (Wildman–Crippen MR) is 68.1 cm³/mol. The summed E-state index contributed by atoms with van der Waals surface area (Å²) < 4.78 is 5.08. The number of anilines is 1. The van der Waals surface area contributed by atoms with Crippen molar-refractivity contribution >= 4 is 11.6 Å². The van der Waals surface area contributed by atoms with Gasteiger partial charge in [-0.2, -0.15) is 0 Å². The molecule has 1 rings (SSSR count). The van der Waals surface area contributed by atoms with E-state index in [1.807, 2.05) is 29.2 Å². The minimum absolute atomic E-state index is 0.201. The zero-order valence-electron chi connectivity index (χ0n) is 10.1. The van der Waals surface area contributed by atoms with Crippen molar-refractivity contribution in [3.63, 3.8) is 0 Å². The van der Waals surface area contributed by atoms with Crippen LogP contribution in [0.15, 0.2) is 24.3 Å². The average molecular weight is 237 g/mol. The van der Waals surface area contributed by atoms with Gasteiger partial charge in [0.2, 0.25) is 5.91 Å². The summed E-state index contributed by atoms with van der Waals surface area (Å²) in [5.41, 5.74) is 11.6. The molecule has 1 amide bonds. The van der Waals surface area contributed by atoms with Crippen molar-refractivity contribution in [2.24, 2.45) is 11.5 Å². The van der Waals surface area contributed by atoms with E-state index in [1.54, 1.807) is 7.11 Å². The Kier molecular flexibility index (Phi) is 5.29. The summed E-state index contributed by atoms with van der Waals surface area (Å²) in [6, 6.07) is 7.51. The van der Waals surface area contributed by atoms with Crippen LogP contribution in [0.25, 0.3) is 0 Å². The number of amides is 1. The maximum Gasteiger partial charge on any atom is 0.236 e. The summed E-state index contributed by atoms with van der Waals surface area (Å²) in [6.07, 6.45) is 0.819. The van der Waals surface area contributed by atoms with Gasteiger partial charge in [0, 0.05) is 12.2 Å². The van der Waals surface area contributed by atoms with Crippen molar-refractivity contribution in [3.05, 3.63) is 24.3 Å². The minimum atomic E-state index is -0.349. The van der Waals surface area contributed by atoms with Gasteiger partial charge in [-0.25, -0.2) is 0 Å². The van der Waals surface area contributed by atoms with E-state index >= 15 is 0 Å². The molecule has 0 heterocycles. The number of primary amides is 1. The Morgan fingerprint density at radius 2 is 2.00 bits per heavy atom. The summed E-state index contributed by atoms with van der Waals surface area (Å²) >= 11 is 0. The molecule has 0 bridgehead atoms. The summed E-state index contributed by atoms with van der Waals surface area (Å²) in [5, 5.41) is 0. The topological polar surface area (TPSA) is 81.6 Å². The molecule has 0 unspecified atom stereocenters. The molecule has 0 atom stereocenters. The van der Waals surface area contributed by atoms with Gasteiger partial charge in [-0.3, -0.25) is 4.79 Å². The van der Waals surface area contributed by atoms with E-state index in [2.05, 4.69) is 0 Å². The first kappa shape index (κ1) is 13.3. The highest BCUT2D eigenvalue weighted by Gasteiger charge is 2.08. The number of ether oxygens (including phenoxy) is 1. The molecule has 0 aromatic heterocycles. The van der Waals surface area contributed by atoms with E-state index in [0.717, 1.165) is 17.9 Å². The first-order chi connectivity index (χ1) is 8.17. The Balaban J connectivity index is 2.75. The third-order valence-electron chi connectivity index (χ3n) is 2.42. The number of carbonyl (C=O) groups is 1. The van der Waals surface area contributed by atoms with Crippen LogP contribution in [-0.2, 0) is 4.79 Å². The highest BCUT2D eigenvalue weighted by Crippen LogP contribution is 2.19. The molecule has 0 fully saturated rings. The molecule has 0 saturated heterocycles. The van der Waals surface area contributed by atoms with E-state index in [1.165, 1.54) is 0 Å². The van der Waals surface area contributed by atoms with Crippen molar-refractivity contribution in [2.45, 2.75) is 6.42 Å². The van der Waals surface area contributed by atoms with E-state index in [9.17, 15) is 4.79 Å². The molecule has 0 spiro atoms. The van der Waals surface area contributed by atoms with Crippen molar-refractivity contribution in [1.29, 1.82) is 0 Å². The van der Waals surface area contributed by atoms with Crippen LogP contribution in [0.3, 0.4) is 0 Å². The van der Waals surface area contributed by atoms with E-state index in [0.29, 0.717) is 13.1 Å². The molecule has 0 aliphatic carbocycles. The fourth-order valence-electron chi connectivity index (χ4n) is 1.56. The van der Waals surface area contributed by atoms with Gasteiger partial charge >= 0.3 is 0 Å². The van der Waals surface area contributed by atoms with Gasteiger partial charge in [0.05, 0.1) is 13.7 Å². The third-order valence-corrected chi connectivity index (χ3v) is 2.42. The van der Waals surface area contributed by atoms with E-state index < -0.39 is 0 Å². The summed E-state index contributed by atoms with van der Waals surface area (Å²) in [7, 11) is 1.62. The minimum Gasteiger partial charge on any atom is -0.497 e. The maximum absolute atomic E-state index is 11.0. The number of rotatable bonds is 7. The summed E-state index contributed by atoms with van der Waals surface area (Å²) in [6.45, 7) is 1.50. The van der Waals surface area contributed by atoms with Crippen LogP contribution in [0, 0.1) is 0 Å². The van der Waals surface area contributed by atoms with Crippen LogP contribution in [0.1, 0.15) is 6.42 Å². The Labute approximate surface area is 101 Å². The van der Waals surface area contributed by atoms with E-state index in [-0.39, 0.29) is 12.5 Å². The molecule has 94 valence electrons. The molecule has 1 aromatic rings. The standard InChI is InChI=1S/C12H19N3O2/c1-17-11-5-3-10(4-6-11)15(8-2-7-13)9-12(14)16/h3-6H,2,7-9,13H2,1H3,(H2,14,16).